The van der Waals surface area contributed by atoms with Crippen molar-refractivity contribution >= 4 is 22.9 Å². The van der Waals surface area contributed by atoms with Crippen LogP contribution in [0.5, 0.6) is 0 Å². The zero-order chi connectivity index (χ0) is 21.8. The van der Waals surface area contributed by atoms with Crippen LogP contribution in [0.1, 0.15) is 23.7 Å². The molecule has 0 saturated carbocycles. The monoisotopic (exact) mass is 443 g/mol. The molecule has 166 valence electrons. The van der Waals surface area contributed by atoms with Gasteiger partial charge in [-0.05, 0) is 38.3 Å². The van der Waals surface area contributed by atoms with Crippen molar-refractivity contribution in [1.82, 2.24) is 29.7 Å². The van der Waals surface area contributed by atoms with Crippen LogP contribution in [-0.4, -0.2) is 74.9 Å². The van der Waals surface area contributed by atoms with Crippen LogP contribution in [0.15, 0.2) is 22.0 Å². The molecule has 0 bridgehead atoms. The van der Waals surface area contributed by atoms with Crippen LogP contribution in [0.2, 0.25) is 0 Å². The number of rotatable bonds is 8. The Morgan fingerprint density at radius 1 is 1.23 bits per heavy atom. The summed E-state index contributed by atoms with van der Waals surface area (Å²) in [5, 5.41) is 13.4. The second-order valence-corrected chi connectivity index (χ2v) is 8.88. The van der Waals surface area contributed by atoms with E-state index < -0.39 is 0 Å². The van der Waals surface area contributed by atoms with Crippen molar-refractivity contribution in [2.24, 2.45) is 7.05 Å². The van der Waals surface area contributed by atoms with E-state index in [2.05, 4.69) is 30.4 Å². The Hall–Kier alpha value is -2.56. The van der Waals surface area contributed by atoms with Gasteiger partial charge in [-0.15, -0.1) is 11.3 Å². The molecule has 1 N–H and O–H groups in total. The number of piperazine rings is 1. The Morgan fingerprint density at radius 2 is 2.00 bits per heavy atom. The fourth-order valence-electron chi connectivity index (χ4n) is 3.82. The Morgan fingerprint density at radius 3 is 2.68 bits per heavy atom. The minimum absolute atomic E-state index is 0.0191. The molecule has 1 fully saturated rings. The SMILES string of the molecule is Cc1nn(C)c(C)c1NC(=O)CN1CCN(CCCc2nc(-c3cccs3)no2)CC1. The molecule has 4 rings (SSSR count). The van der Waals surface area contributed by atoms with Crippen molar-refractivity contribution in [3.05, 3.63) is 34.8 Å². The van der Waals surface area contributed by atoms with Gasteiger partial charge in [0, 0.05) is 39.6 Å². The van der Waals surface area contributed by atoms with Gasteiger partial charge in [0.2, 0.25) is 17.6 Å². The average Bonchev–Trinajstić information content (AvgIpc) is 3.48. The summed E-state index contributed by atoms with van der Waals surface area (Å²) in [7, 11) is 1.89. The highest BCUT2D eigenvalue weighted by Crippen LogP contribution is 2.21. The number of carbonyl (C=O) groups is 1. The minimum atomic E-state index is 0.0191. The summed E-state index contributed by atoms with van der Waals surface area (Å²) in [6.07, 6.45) is 1.76. The molecule has 3 aromatic rings. The van der Waals surface area contributed by atoms with Gasteiger partial charge in [-0.2, -0.15) is 10.1 Å². The number of aryl methyl sites for hydroxylation is 3. The largest absolute Gasteiger partial charge is 0.339 e. The van der Waals surface area contributed by atoms with E-state index in [9.17, 15) is 4.79 Å². The molecule has 10 heteroatoms. The fourth-order valence-corrected chi connectivity index (χ4v) is 4.47. The Bertz CT molecular complexity index is 1000. The summed E-state index contributed by atoms with van der Waals surface area (Å²) in [5.41, 5.74) is 2.65. The maximum absolute atomic E-state index is 12.5. The number of thiophene rings is 1. The highest BCUT2D eigenvalue weighted by molar-refractivity contribution is 7.13. The molecular formula is C21H29N7O2S. The molecule has 1 saturated heterocycles. The number of carbonyl (C=O) groups excluding carboxylic acids is 1. The third-order valence-electron chi connectivity index (χ3n) is 5.68. The minimum Gasteiger partial charge on any atom is -0.339 e. The van der Waals surface area contributed by atoms with E-state index in [1.165, 1.54) is 0 Å². The smallest absolute Gasteiger partial charge is 0.238 e. The van der Waals surface area contributed by atoms with Gasteiger partial charge in [-0.1, -0.05) is 11.2 Å². The molecule has 0 aliphatic carbocycles. The first-order chi connectivity index (χ1) is 15.0. The van der Waals surface area contributed by atoms with Crippen LogP contribution >= 0.6 is 11.3 Å². The Kier molecular flexibility index (Phi) is 6.79. The van der Waals surface area contributed by atoms with Gasteiger partial charge in [0.15, 0.2) is 0 Å². The molecule has 1 aliphatic rings. The summed E-state index contributed by atoms with van der Waals surface area (Å²) in [6.45, 7) is 8.98. The van der Waals surface area contributed by atoms with Crippen molar-refractivity contribution in [2.75, 3.05) is 44.6 Å². The first kappa shape index (κ1) is 21.7. The van der Waals surface area contributed by atoms with Crippen LogP contribution in [0.3, 0.4) is 0 Å². The highest BCUT2D eigenvalue weighted by atomic mass is 32.1. The van der Waals surface area contributed by atoms with Crippen molar-refractivity contribution < 1.29 is 9.32 Å². The maximum atomic E-state index is 12.5. The van der Waals surface area contributed by atoms with Crippen LogP contribution in [0, 0.1) is 13.8 Å². The molecule has 1 aliphatic heterocycles. The molecular weight excluding hydrogens is 414 g/mol. The summed E-state index contributed by atoms with van der Waals surface area (Å²) < 4.78 is 7.17. The molecule has 0 spiro atoms. The lowest BCUT2D eigenvalue weighted by atomic mass is 10.2. The van der Waals surface area contributed by atoms with Crippen LogP contribution in [-0.2, 0) is 18.3 Å². The van der Waals surface area contributed by atoms with Gasteiger partial charge >= 0.3 is 0 Å². The number of aromatic nitrogens is 4. The fraction of sp³-hybridized carbons (Fsp3) is 0.524. The van der Waals surface area contributed by atoms with Gasteiger partial charge < -0.3 is 14.7 Å². The highest BCUT2D eigenvalue weighted by Gasteiger charge is 2.20. The summed E-state index contributed by atoms with van der Waals surface area (Å²) in [5.74, 6) is 1.39. The van der Waals surface area contributed by atoms with Crippen LogP contribution in [0.4, 0.5) is 5.69 Å². The number of nitrogens with zero attached hydrogens (tertiary/aromatic N) is 6. The number of amides is 1. The second-order valence-electron chi connectivity index (χ2n) is 7.93. The quantitative estimate of drug-likeness (QED) is 0.571. The number of hydrogen-bond acceptors (Lipinski definition) is 8. The van der Waals surface area contributed by atoms with E-state index in [0.29, 0.717) is 18.3 Å². The molecule has 0 aromatic carbocycles. The number of hydrogen-bond donors (Lipinski definition) is 1. The standard InChI is InChI=1S/C21H29N7O2S/c1-15-20(16(2)26(3)24-15)22-18(29)14-28-11-9-27(10-12-28)8-4-7-19-23-21(25-30-19)17-6-5-13-31-17/h5-6,13H,4,7-12,14H2,1-3H3,(H,22,29). The van der Waals surface area contributed by atoms with Crippen molar-refractivity contribution in [1.29, 1.82) is 0 Å². The van der Waals surface area contributed by atoms with E-state index in [1.807, 2.05) is 38.4 Å². The van der Waals surface area contributed by atoms with Crippen LogP contribution in [0.25, 0.3) is 10.7 Å². The van der Waals surface area contributed by atoms with E-state index in [0.717, 1.165) is 67.5 Å². The predicted octanol–water partition coefficient (Wildman–Crippen LogP) is 2.34. The van der Waals surface area contributed by atoms with Gasteiger partial charge in [0.25, 0.3) is 0 Å². The van der Waals surface area contributed by atoms with Gasteiger partial charge in [0.1, 0.15) is 0 Å². The average molecular weight is 444 g/mol. The predicted molar refractivity (Wildman–Crippen MR) is 120 cm³/mol. The lowest BCUT2D eigenvalue weighted by Gasteiger charge is -2.34. The molecule has 9 nitrogen and oxygen atoms in total. The normalized spacial score (nSPS) is 15.5. The first-order valence-corrected chi connectivity index (χ1v) is 11.5. The molecule has 1 amide bonds. The molecule has 4 heterocycles. The zero-order valence-corrected chi connectivity index (χ0v) is 19.1. The Labute approximate surface area is 186 Å². The molecule has 0 atom stereocenters. The lowest BCUT2D eigenvalue weighted by Crippen LogP contribution is -2.48. The van der Waals surface area contributed by atoms with Gasteiger partial charge in [-0.3, -0.25) is 14.4 Å². The molecule has 3 aromatic heterocycles. The number of anilines is 1. The number of nitrogens with one attached hydrogen (secondary N) is 1. The Balaban J connectivity index is 1.16. The summed E-state index contributed by atoms with van der Waals surface area (Å²) in [4.78, 5) is 22.6. The van der Waals surface area contributed by atoms with Crippen molar-refractivity contribution in [3.8, 4) is 10.7 Å². The van der Waals surface area contributed by atoms with Crippen molar-refractivity contribution in [3.63, 3.8) is 0 Å². The summed E-state index contributed by atoms with van der Waals surface area (Å²) in [6, 6.07) is 3.98. The van der Waals surface area contributed by atoms with E-state index >= 15 is 0 Å². The first-order valence-electron chi connectivity index (χ1n) is 10.6. The third kappa shape index (κ3) is 5.38. The third-order valence-corrected chi connectivity index (χ3v) is 6.55. The van der Waals surface area contributed by atoms with E-state index in [-0.39, 0.29) is 5.91 Å². The van der Waals surface area contributed by atoms with Gasteiger partial charge in [-0.25, -0.2) is 0 Å². The molecule has 31 heavy (non-hydrogen) atoms. The topological polar surface area (TPSA) is 92.3 Å². The lowest BCUT2D eigenvalue weighted by molar-refractivity contribution is -0.117. The summed E-state index contributed by atoms with van der Waals surface area (Å²) >= 11 is 1.61. The molecule has 0 radical (unpaired) electrons. The van der Waals surface area contributed by atoms with Crippen molar-refractivity contribution in [2.45, 2.75) is 26.7 Å². The second kappa shape index (κ2) is 9.71. The maximum Gasteiger partial charge on any atom is 0.238 e. The van der Waals surface area contributed by atoms with Gasteiger partial charge in [0.05, 0.1) is 28.5 Å². The molecule has 0 unspecified atom stereocenters. The van der Waals surface area contributed by atoms with E-state index in [4.69, 9.17) is 4.52 Å². The zero-order valence-electron chi connectivity index (χ0n) is 18.3. The van der Waals surface area contributed by atoms with Crippen LogP contribution < -0.4 is 5.32 Å². The van der Waals surface area contributed by atoms with E-state index in [1.54, 1.807) is 16.0 Å².